The second-order valence-electron chi connectivity index (χ2n) is 16.0. The van der Waals surface area contributed by atoms with Crippen LogP contribution in [0.15, 0.2) is 218 Å². The molecule has 0 N–H and O–H groups in total. The Morgan fingerprint density at radius 3 is 1.27 bits per heavy atom. The molecule has 0 spiro atoms. The number of aromatic nitrogens is 6. The Balaban J connectivity index is 1.12. The van der Waals surface area contributed by atoms with Gasteiger partial charge in [-0.05, 0) is 59.7 Å². The number of hydrogen-bond acceptors (Lipinski definition) is 3. The largest absolute Gasteiger partial charge is 0.309 e. The molecule has 13 rings (SSSR count). The maximum atomic E-state index is 5.40. The van der Waals surface area contributed by atoms with Gasteiger partial charge in [-0.2, -0.15) is 9.97 Å². The van der Waals surface area contributed by atoms with E-state index >= 15 is 0 Å². The highest BCUT2D eigenvalue weighted by atomic mass is 15.2. The maximum Gasteiger partial charge on any atom is 0.238 e. The zero-order valence-corrected chi connectivity index (χ0v) is 34.0. The normalized spacial score (nSPS) is 11.8. The summed E-state index contributed by atoms with van der Waals surface area (Å²) in [5.74, 6) is 1.77. The van der Waals surface area contributed by atoms with E-state index in [-0.39, 0.29) is 0 Å². The average molecular weight is 805 g/mol. The summed E-state index contributed by atoms with van der Waals surface area (Å²) in [5.41, 5.74) is 12.8. The molecule has 0 saturated carbocycles. The molecule has 6 heteroatoms. The molecule has 9 aromatic carbocycles. The Morgan fingerprint density at radius 1 is 0.254 bits per heavy atom. The Labute approximate surface area is 362 Å². The summed E-state index contributed by atoms with van der Waals surface area (Å²) < 4.78 is 7.08. The molecule has 4 heterocycles. The Morgan fingerprint density at radius 2 is 0.667 bits per heavy atom. The minimum Gasteiger partial charge on any atom is -0.309 e. The molecule has 4 aromatic heterocycles. The van der Waals surface area contributed by atoms with E-state index in [1.165, 1.54) is 27.2 Å². The molecule has 0 radical (unpaired) electrons. The monoisotopic (exact) mass is 804 g/mol. The molecule has 0 fully saturated rings. The van der Waals surface area contributed by atoms with Gasteiger partial charge in [0.05, 0.1) is 33.1 Å². The van der Waals surface area contributed by atoms with Crippen molar-refractivity contribution in [3.8, 4) is 51.2 Å². The van der Waals surface area contributed by atoms with Crippen molar-refractivity contribution in [2.75, 3.05) is 0 Å². The predicted octanol–water partition coefficient (Wildman–Crippen LogP) is 14.2. The van der Waals surface area contributed by atoms with Crippen LogP contribution < -0.4 is 0 Å². The van der Waals surface area contributed by atoms with Crippen molar-refractivity contribution >= 4 is 65.4 Å². The smallest absolute Gasteiger partial charge is 0.238 e. The quantitative estimate of drug-likeness (QED) is 0.168. The van der Waals surface area contributed by atoms with Crippen molar-refractivity contribution in [3.05, 3.63) is 218 Å². The molecular weight excluding hydrogens is 769 g/mol. The molecule has 0 aliphatic heterocycles. The lowest BCUT2D eigenvalue weighted by molar-refractivity contribution is 0.953. The van der Waals surface area contributed by atoms with E-state index in [0.29, 0.717) is 17.6 Å². The molecule has 0 atom stereocenters. The molecule has 294 valence electrons. The van der Waals surface area contributed by atoms with E-state index < -0.39 is 0 Å². The van der Waals surface area contributed by atoms with Gasteiger partial charge in [0, 0.05) is 54.8 Å². The molecule has 0 amide bonds. The van der Waals surface area contributed by atoms with Crippen molar-refractivity contribution in [2.24, 2.45) is 0 Å². The summed E-state index contributed by atoms with van der Waals surface area (Å²) >= 11 is 0. The van der Waals surface area contributed by atoms with Gasteiger partial charge in [0.1, 0.15) is 0 Å². The molecule has 0 aliphatic carbocycles. The first-order chi connectivity index (χ1) is 31.3. The first kappa shape index (κ1) is 35.2. The zero-order chi connectivity index (χ0) is 41.4. The SMILES string of the molecule is c1ccc(-c2cccc(-c3nc(-c4ccccc4)nc(-n4c5ccccc5c5ccc6c7ccccc7n(-c7cccc(-n8c9ccccc9c9ccccc98)c7)c6c54)n3)c2)cc1. The molecule has 0 aliphatic rings. The highest BCUT2D eigenvalue weighted by Gasteiger charge is 2.24. The van der Waals surface area contributed by atoms with Crippen LogP contribution in [-0.4, -0.2) is 28.7 Å². The minimum atomic E-state index is 0.554. The van der Waals surface area contributed by atoms with E-state index in [0.717, 1.165) is 71.9 Å². The van der Waals surface area contributed by atoms with Crippen molar-refractivity contribution in [1.82, 2.24) is 28.7 Å². The standard InChI is InChI=1S/C57H36N6/c1-3-17-37(18-4-1)39-21-15-22-40(35-39)56-58-55(38-19-5-2-6-20-38)59-57(60-56)63-52-32-14-10-28-46(52)48-34-33-47-45-27-9-13-31-51(45)62(53(47)54(48)63)42-24-16-23-41(36-42)61-49-29-11-7-25-43(49)44-26-8-12-30-50(44)61/h1-36H. The summed E-state index contributed by atoms with van der Waals surface area (Å²) in [6, 6.07) is 77.4. The van der Waals surface area contributed by atoms with Crippen LogP contribution in [0.2, 0.25) is 0 Å². The van der Waals surface area contributed by atoms with Crippen molar-refractivity contribution in [2.45, 2.75) is 0 Å². The number of nitrogens with zero attached hydrogens (tertiary/aromatic N) is 6. The van der Waals surface area contributed by atoms with Crippen LogP contribution in [0, 0.1) is 0 Å². The molecule has 6 nitrogen and oxygen atoms in total. The van der Waals surface area contributed by atoms with Crippen LogP contribution in [0.3, 0.4) is 0 Å². The van der Waals surface area contributed by atoms with Crippen LogP contribution in [0.1, 0.15) is 0 Å². The van der Waals surface area contributed by atoms with E-state index in [2.05, 4.69) is 208 Å². The van der Waals surface area contributed by atoms with Gasteiger partial charge >= 0.3 is 0 Å². The first-order valence-corrected chi connectivity index (χ1v) is 21.3. The van der Waals surface area contributed by atoms with Gasteiger partial charge in [-0.25, -0.2) is 4.98 Å². The fourth-order valence-electron chi connectivity index (χ4n) is 9.73. The van der Waals surface area contributed by atoms with Gasteiger partial charge in [-0.1, -0.05) is 170 Å². The summed E-state index contributed by atoms with van der Waals surface area (Å²) in [7, 11) is 0. The van der Waals surface area contributed by atoms with E-state index in [9.17, 15) is 0 Å². The number of fused-ring (bicyclic) bond motifs is 10. The molecule has 0 unspecified atom stereocenters. The minimum absolute atomic E-state index is 0.554. The van der Waals surface area contributed by atoms with Gasteiger partial charge in [0.2, 0.25) is 5.95 Å². The maximum absolute atomic E-state index is 5.40. The number of para-hydroxylation sites is 4. The fourth-order valence-corrected chi connectivity index (χ4v) is 9.73. The number of rotatable bonds is 6. The number of benzene rings is 9. The molecule has 63 heavy (non-hydrogen) atoms. The van der Waals surface area contributed by atoms with Gasteiger partial charge < -0.3 is 9.13 Å². The second kappa shape index (κ2) is 14.0. The van der Waals surface area contributed by atoms with Crippen molar-refractivity contribution in [1.29, 1.82) is 0 Å². The second-order valence-corrected chi connectivity index (χ2v) is 16.0. The highest BCUT2D eigenvalue weighted by Crippen LogP contribution is 2.42. The fraction of sp³-hybridized carbons (Fsp3) is 0. The van der Waals surface area contributed by atoms with Gasteiger partial charge in [-0.15, -0.1) is 0 Å². The van der Waals surface area contributed by atoms with Crippen LogP contribution in [0.25, 0.3) is 117 Å². The topological polar surface area (TPSA) is 53.5 Å². The molecular formula is C57H36N6. The summed E-state index contributed by atoms with van der Waals surface area (Å²) in [4.78, 5) is 15.9. The summed E-state index contributed by atoms with van der Waals surface area (Å²) in [5, 5.41) is 7.04. The van der Waals surface area contributed by atoms with Crippen LogP contribution in [0.4, 0.5) is 0 Å². The molecule has 0 bridgehead atoms. The van der Waals surface area contributed by atoms with E-state index in [1.54, 1.807) is 0 Å². The third-order valence-electron chi connectivity index (χ3n) is 12.5. The van der Waals surface area contributed by atoms with Crippen LogP contribution in [-0.2, 0) is 0 Å². The lowest BCUT2D eigenvalue weighted by Gasteiger charge is -2.15. The number of hydrogen-bond donors (Lipinski definition) is 0. The highest BCUT2D eigenvalue weighted by molar-refractivity contribution is 6.23. The van der Waals surface area contributed by atoms with Gasteiger partial charge in [0.15, 0.2) is 11.6 Å². The third-order valence-corrected chi connectivity index (χ3v) is 12.5. The Bertz CT molecular complexity index is 3860. The first-order valence-electron chi connectivity index (χ1n) is 21.3. The zero-order valence-electron chi connectivity index (χ0n) is 34.0. The third kappa shape index (κ3) is 5.48. The van der Waals surface area contributed by atoms with Crippen LogP contribution in [0.5, 0.6) is 0 Å². The predicted molar refractivity (Wildman–Crippen MR) is 259 cm³/mol. The summed E-state index contributed by atoms with van der Waals surface area (Å²) in [6.07, 6.45) is 0. The average Bonchev–Trinajstić information content (AvgIpc) is 4.01. The van der Waals surface area contributed by atoms with Crippen LogP contribution >= 0.6 is 0 Å². The Kier molecular flexibility index (Phi) is 7.80. The Hall–Kier alpha value is -8.61. The summed E-state index contributed by atoms with van der Waals surface area (Å²) in [6.45, 7) is 0. The molecule has 13 aromatic rings. The lowest BCUT2D eigenvalue weighted by Crippen LogP contribution is -2.07. The van der Waals surface area contributed by atoms with E-state index in [4.69, 9.17) is 15.0 Å². The van der Waals surface area contributed by atoms with E-state index in [1.807, 2.05) is 24.3 Å². The lowest BCUT2D eigenvalue weighted by atomic mass is 10.0. The van der Waals surface area contributed by atoms with Crippen molar-refractivity contribution < 1.29 is 0 Å². The van der Waals surface area contributed by atoms with Gasteiger partial charge in [0.25, 0.3) is 0 Å². The van der Waals surface area contributed by atoms with Crippen molar-refractivity contribution in [3.63, 3.8) is 0 Å². The molecule has 0 saturated heterocycles. The van der Waals surface area contributed by atoms with Gasteiger partial charge in [-0.3, -0.25) is 4.57 Å².